The third kappa shape index (κ3) is 4.96. The van der Waals surface area contributed by atoms with E-state index in [0.29, 0.717) is 23.7 Å². The topological polar surface area (TPSA) is 38.3 Å². The number of halogens is 1. The molecule has 0 aliphatic carbocycles. The number of hydrogen-bond donors (Lipinski definition) is 1. The van der Waals surface area contributed by atoms with Gasteiger partial charge >= 0.3 is 0 Å². The van der Waals surface area contributed by atoms with Crippen LogP contribution in [0.4, 0.5) is 0 Å². The van der Waals surface area contributed by atoms with E-state index < -0.39 is 0 Å². The first-order chi connectivity index (χ1) is 8.31. The second-order valence-corrected chi connectivity index (χ2v) is 5.88. The first kappa shape index (κ1) is 14.8. The molecule has 1 aromatic rings. The molecule has 1 rings (SSSR count). The first-order valence-corrected chi connectivity index (χ1v) is 6.29. The van der Waals surface area contributed by atoms with Gasteiger partial charge in [0.25, 0.3) is 0 Å². The summed E-state index contributed by atoms with van der Waals surface area (Å²) in [6, 6.07) is 5.43. The molecule has 1 amide bonds. The van der Waals surface area contributed by atoms with Crippen molar-refractivity contribution in [1.82, 2.24) is 5.32 Å². The third-order valence-electron chi connectivity index (χ3n) is 2.43. The molecule has 4 heteroatoms. The fraction of sp³-hybridized carbons (Fsp3) is 0.500. The van der Waals surface area contributed by atoms with E-state index in [1.165, 1.54) is 0 Å². The van der Waals surface area contributed by atoms with Crippen LogP contribution >= 0.6 is 11.6 Å². The van der Waals surface area contributed by atoms with Crippen molar-refractivity contribution in [1.29, 1.82) is 0 Å². The minimum atomic E-state index is -0.00616. The number of methoxy groups -OCH3 is 1. The molecule has 18 heavy (non-hydrogen) atoms. The van der Waals surface area contributed by atoms with Crippen molar-refractivity contribution in [2.45, 2.75) is 33.7 Å². The molecular weight excluding hydrogens is 250 g/mol. The largest absolute Gasteiger partial charge is 0.497 e. The molecule has 0 aliphatic rings. The molecular formula is C14H20ClNO2. The lowest BCUT2D eigenvalue weighted by atomic mass is 9.92. The monoisotopic (exact) mass is 269 g/mol. The standard InChI is InChI=1S/C14H20ClNO2/c1-14(2,3)8-13(17)16-9-10-5-6-11(18-4)7-12(10)15/h5-7H,8-9H2,1-4H3,(H,16,17). The Hall–Kier alpha value is -1.22. The average molecular weight is 270 g/mol. The van der Waals surface area contributed by atoms with Crippen LogP contribution in [-0.4, -0.2) is 13.0 Å². The summed E-state index contributed by atoms with van der Waals surface area (Å²) >= 11 is 6.09. The Bertz CT molecular complexity index is 424. The van der Waals surface area contributed by atoms with Crippen LogP contribution in [0.25, 0.3) is 0 Å². The fourth-order valence-corrected chi connectivity index (χ4v) is 1.77. The van der Waals surface area contributed by atoms with Crippen molar-refractivity contribution in [3.63, 3.8) is 0 Å². The first-order valence-electron chi connectivity index (χ1n) is 5.91. The zero-order valence-corrected chi connectivity index (χ0v) is 12.1. The highest BCUT2D eigenvalue weighted by Crippen LogP contribution is 2.22. The Balaban J connectivity index is 2.56. The van der Waals surface area contributed by atoms with Gasteiger partial charge < -0.3 is 10.1 Å². The molecule has 1 aromatic carbocycles. The summed E-state index contributed by atoms with van der Waals surface area (Å²) in [4.78, 5) is 11.7. The Morgan fingerprint density at radius 1 is 1.39 bits per heavy atom. The van der Waals surface area contributed by atoms with Crippen LogP contribution in [0.5, 0.6) is 5.75 Å². The molecule has 3 nitrogen and oxygen atoms in total. The van der Waals surface area contributed by atoms with E-state index in [4.69, 9.17) is 16.3 Å². The molecule has 0 aliphatic heterocycles. The van der Waals surface area contributed by atoms with Gasteiger partial charge in [0, 0.05) is 18.0 Å². The summed E-state index contributed by atoms with van der Waals surface area (Å²) in [5.41, 5.74) is 0.882. The molecule has 0 spiro atoms. The second-order valence-electron chi connectivity index (χ2n) is 5.47. The van der Waals surface area contributed by atoms with Gasteiger partial charge in [-0.1, -0.05) is 38.4 Å². The highest BCUT2D eigenvalue weighted by molar-refractivity contribution is 6.31. The lowest BCUT2D eigenvalue weighted by Gasteiger charge is -2.17. The molecule has 0 aromatic heterocycles. The highest BCUT2D eigenvalue weighted by atomic mass is 35.5. The lowest BCUT2D eigenvalue weighted by molar-refractivity contribution is -0.122. The van der Waals surface area contributed by atoms with Crippen LogP contribution in [-0.2, 0) is 11.3 Å². The fourth-order valence-electron chi connectivity index (χ4n) is 1.54. The second kappa shape index (κ2) is 6.10. The van der Waals surface area contributed by atoms with Crippen molar-refractivity contribution in [3.05, 3.63) is 28.8 Å². The summed E-state index contributed by atoms with van der Waals surface area (Å²) in [5.74, 6) is 0.749. The molecule has 0 unspecified atom stereocenters. The molecule has 1 N–H and O–H groups in total. The number of rotatable bonds is 4. The summed E-state index contributed by atoms with van der Waals surface area (Å²) in [6.07, 6.45) is 0.501. The van der Waals surface area contributed by atoms with Crippen molar-refractivity contribution in [2.24, 2.45) is 5.41 Å². The van der Waals surface area contributed by atoms with Gasteiger partial charge in [-0.05, 0) is 23.1 Å². The molecule has 0 heterocycles. The van der Waals surface area contributed by atoms with Gasteiger partial charge in [0.1, 0.15) is 5.75 Å². The summed E-state index contributed by atoms with van der Waals surface area (Å²) in [5, 5.41) is 3.47. The molecule has 0 fully saturated rings. The van der Waals surface area contributed by atoms with Crippen molar-refractivity contribution in [3.8, 4) is 5.75 Å². The van der Waals surface area contributed by atoms with E-state index in [1.54, 1.807) is 13.2 Å². The number of carbonyl (C=O) groups excluding carboxylic acids is 1. The zero-order valence-electron chi connectivity index (χ0n) is 11.3. The minimum absolute atomic E-state index is 0.00616. The van der Waals surface area contributed by atoms with Gasteiger partial charge in [0.05, 0.1) is 7.11 Å². The number of amides is 1. The van der Waals surface area contributed by atoms with E-state index in [-0.39, 0.29) is 11.3 Å². The Kier molecular flexibility index (Phi) is 5.03. The van der Waals surface area contributed by atoms with Crippen LogP contribution in [0.2, 0.25) is 5.02 Å². The van der Waals surface area contributed by atoms with Gasteiger partial charge in [0.15, 0.2) is 0 Å². The smallest absolute Gasteiger partial charge is 0.220 e. The van der Waals surface area contributed by atoms with Crippen LogP contribution in [0.15, 0.2) is 18.2 Å². The molecule has 100 valence electrons. The quantitative estimate of drug-likeness (QED) is 0.910. The van der Waals surface area contributed by atoms with Gasteiger partial charge in [0.2, 0.25) is 5.91 Å². The van der Waals surface area contributed by atoms with Gasteiger partial charge in [-0.25, -0.2) is 0 Å². The number of ether oxygens (including phenoxy) is 1. The normalized spacial score (nSPS) is 11.2. The van der Waals surface area contributed by atoms with Crippen LogP contribution in [0, 0.1) is 5.41 Å². The maximum Gasteiger partial charge on any atom is 0.220 e. The van der Waals surface area contributed by atoms with Crippen LogP contribution in [0.3, 0.4) is 0 Å². The van der Waals surface area contributed by atoms with E-state index in [9.17, 15) is 4.79 Å². The van der Waals surface area contributed by atoms with Gasteiger partial charge in [-0.2, -0.15) is 0 Å². The summed E-state index contributed by atoms with van der Waals surface area (Å²) in [7, 11) is 1.59. The average Bonchev–Trinajstić information content (AvgIpc) is 2.25. The Labute approximate surface area is 113 Å². The summed E-state index contributed by atoms with van der Waals surface area (Å²) < 4.78 is 5.07. The molecule has 0 bridgehead atoms. The Morgan fingerprint density at radius 2 is 2.06 bits per heavy atom. The van der Waals surface area contributed by atoms with E-state index in [1.807, 2.05) is 32.9 Å². The van der Waals surface area contributed by atoms with Gasteiger partial charge in [-0.15, -0.1) is 0 Å². The van der Waals surface area contributed by atoms with Crippen LogP contribution in [0.1, 0.15) is 32.8 Å². The number of nitrogens with one attached hydrogen (secondary N) is 1. The number of carbonyl (C=O) groups is 1. The molecule has 0 saturated carbocycles. The number of benzene rings is 1. The van der Waals surface area contributed by atoms with Crippen molar-refractivity contribution in [2.75, 3.05) is 7.11 Å². The highest BCUT2D eigenvalue weighted by Gasteiger charge is 2.15. The maximum absolute atomic E-state index is 11.7. The lowest BCUT2D eigenvalue weighted by Crippen LogP contribution is -2.27. The predicted molar refractivity (Wildman–Crippen MR) is 73.9 cm³/mol. The zero-order chi connectivity index (χ0) is 13.8. The molecule has 0 radical (unpaired) electrons. The van der Waals surface area contributed by atoms with Crippen LogP contribution < -0.4 is 10.1 Å². The minimum Gasteiger partial charge on any atom is -0.497 e. The molecule has 0 saturated heterocycles. The predicted octanol–water partition coefficient (Wildman–Crippen LogP) is 3.40. The summed E-state index contributed by atoms with van der Waals surface area (Å²) in [6.45, 7) is 6.55. The Morgan fingerprint density at radius 3 is 2.56 bits per heavy atom. The van der Waals surface area contributed by atoms with Crippen molar-refractivity contribution < 1.29 is 9.53 Å². The number of hydrogen-bond acceptors (Lipinski definition) is 2. The molecule has 0 atom stereocenters. The SMILES string of the molecule is COc1ccc(CNC(=O)CC(C)(C)C)c(Cl)c1. The van der Waals surface area contributed by atoms with E-state index >= 15 is 0 Å². The van der Waals surface area contributed by atoms with Gasteiger partial charge in [-0.3, -0.25) is 4.79 Å². The van der Waals surface area contributed by atoms with E-state index in [0.717, 1.165) is 5.56 Å². The maximum atomic E-state index is 11.7. The van der Waals surface area contributed by atoms with E-state index in [2.05, 4.69) is 5.32 Å². The van der Waals surface area contributed by atoms with Crippen molar-refractivity contribution >= 4 is 17.5 Å². The third-order valence-corrected chi connectivity index (χ3v) is 2.78.